The maximum atomic E-state index is 13.4. The Morgan fingerprint density at radius 3 is 2.50 bits per heavy atom. The molecule has 2 aliphatic rings. The number of aromatic amines is 1. The Bertz CT molecular complexity index is 1520. The van der Waals surface area contributed by atoms with Crippen molar-refractivity contribution < 1.29 is 23.9 Å². The van der Waals surface area contributed by atoms with Gasteiger partial charge in [-0.1, -0.05) is 11.6 Å². The summed E-state index contributed by atoms with van der Waals surface area (Å²) >= 11 is 7.33. The molecule has 5 rings (SSSR count). The molecule has 1 saturated carbocycles. The Balaban J connectivity index is 1.29. The van der Waals surface area contributed by atoms with Gasteiger partial charge < -0.3 is 25.3 Å². The molecular formula is C29H35ClN6O5S. The maximum absolute atomic E-state index is 13.4. The van der Waals surface area contributed by atoms with Crippen LogP contribution in [0.15, 0.2) is 24.3 Å². The number of nitrogens with zero attached hydrogens (tertiary/aromatic N) is 3. The lowest BCUT2D eigenvalue weighted by Gasteiger charge is -2.37. The van der Waals surface area contributed by atoms with Gasteiger partial charge in [-0.15, -0.1) is 11.3 Å². The fourth-order valence-electron chi connectivity index (χ4n) is 5.39. The van der Waals surface area contributed by atoms with Crippen molar-refractivity contribution in [3.63, 3.8) is 0 Å². The Morgan fingerprint density at radius 2 is 1.81 bits per heavy atom. The Labute approximate surface area is 252 Å². The second kappa shape index (κ2) is 11.6. The summed E-state index contributed by atoms with van der Waals surface area (Å²) in [5.74, 6) is -0.973. The Kier molecular flexibility index (Phi) is 8.21. The number of carbonyl (C=O) groups is 4. The summed E-state index contributed by atoms with van der Waals surface area (Å²) in [4.78, 5) is 63.5. The van der Waals surface area contributed by atoms with E-state index in [1.165, 1.54) is 11.3 Å². The summed E-state index contributed by atoms with van der Waals surface area (Å²) < 4.78 is 5.46. The summed E-state index contributed by atoms with van der Waals surface area (Å²) in [7, 11) is 3.42. The minimum Gasteiger partial charge on any atom is -0.444 e. The van der Waals surface area contributed by atoms with Crippen molar-refractivity contribution in [3.05, 3.63) is 50.6 Å². The number of hydrogen-bond acceptors (Lipinski definition) is 7. The van der Waals surface area contributed by atoms with Gasteiger partial charge in [0.15, 0.2) is 5.01 Å². The topological polar surface area (TPSA) is 137 Å². The van der Waals surface area contributed by atoms with Crippen LogP contribution < -0.4 is 10.6 Å². The predicted molar refractivity (Wildman–Crippen MR) is 159 cm³/mol. The highest BCUT2D eigenvalue weighted by Gasteiger charge is 2.38. The first kappa shape index (κ1) is 29.8. The lowest BCUT2D eigenvalue weighted by atomic mass is 9.81. The van der Waals surface area contributed by atoms with E-state index in [2.05, 4.69) is 20.6 Å². The molecule has 2 aromatic heterocycles. The van der Waals surface area contributed by atoms with Crippen molar-refractivity contribution in [2.75, 3.05) is 14.1 Å². The summed E-state index contributed by atoms with van der Waals surface area (Å²) in [5, 5.41) is 7.78. The van der Waals surface area contributed by atoms with Gasteiger partial charge in [0, 0.05) is 46.9 Å². The Hall–Kier alpha value is -3.64. The van der Waals surface area contributed by atoms with Gasteiger partial charge in [0.05, 0.1) is 24.8 Å². The van der Waals surface area contributed by atoms with Crippen LogP contribution in [0.2, 0.25) is 5.02 Å². The van der Waals surface area contributed by atoms with Crippen LogP contribution in [0.1, 0.15) is 70.9 Å². The first-order valence-corrected chi connectivity index (χ1v) is 15.0. The fraction of sp³-hybridized carbons (Fsp3) is 0.483. The van der Waals surface area contributed by atoms with Crippen LogP contribution in [-0.4, -0.2) is 75.4 Å². The van der Waals surface area contributed by atoms with E-state index in [4.69, 9.17) is 16.3 Å². The van der Waals surface area contributed by atoms with E-state index >= 15 is 0 Å². The number of aromatic nitrogens is 2. The van der Waals surface area contributed by atoms with E-state index in [0.29, 0.717) is 42.2 Å². The molecule has 0 bridgehead atoms. The van der Waals surface area contributed by atoms with E-state index in [0.717, 1.165) is 15.8 Å². The van der Waals surface area contributed by atoms with Crippen molar-refractivity contribution in [2.45, 2.75) is 70.8 Å². The highest BCUT2D eigenvalue weighted by molar-refractivity contribution is 7.13. The second-order valence-electron chi connectivity index (χ2n) is 12.0. The molecule has 0 saturated heterocycles. The second-order valence-corrected chi connectivity index (χ2v) is 13.6. The molecular weight excluding hydrogens is 580 g/mol. The molecule has 13 heteroatoms. The van der Waals surface area contributed by atoms with Crippen LogP contribution in [0.4, 0.5) is 4.79 Å². The van der Waals surface area contributed by atoms with E-state index in [9.17, 15) is 19.2 Å². The number of carbonyl (C=O) groups excluding carboxylic acids is 4. The Morgan fingerprint density at radius 1 is 1.07 bits per heavy atom. The number of rotatable bonds is 5. The van der Waals surface area contributed by atoms with Gasteiger partial charge in [-0.2, -0.15) is 0 Å². The maximum Gasteiger partial charge on any atom is 0.410 e. The summed E-state index contributed by atoms with van der Waals surface area (Å²) in [6.07, 6.45) is 1.07. The third kappa shape index (κ3) is 6.54. The van der Waals surface area contributed by atoms with Crippen molar-refractivity contribution in [1.82, 2.24) is 30.4 Å². The van der Waals surface area contributed by atoms with Crippen molar-refractivity contribution in [3.8, 4) is 0 Å². The van der Waals surface area contributed by atoms with Crippen molar-refractivity contribution in [1.29, 1.82) is 0 Å². The van der Waals surface area contributed by atoms with Gasteiger partial charge >= 0.3 is 6.09 Å². The van der Waals surface area contributed by atoms with E-state index in [-0.39, 0.29) is 35.2 Å². The van der Waals surface area contributed by atoms with Gasteiger partial charge in [-0.05, 0) is 64.3 Å². The first-order valence-electron chi connectivity index (χ1n) is 13.8. The molecule has 0 radical (unpaired) electrons. The zero-order valence-corrected chi connectivity index (χ0v) is 25.8. The van der Waals surface area contributed by atoms with E-state index < -0.39 is 23.8 Å². The van der Waals surface area contributed by atoms with E-state index in [1.807, 2.05) is 26.8 Å². The average Bonchev–Trinajstić information content (AvgIpc) is 3.61. The van der Waals surface area contributed by atoms with Crippen LogP contribution in [0, 0.1) is 5.92 Å². The molecule has 3 aromatic rings. The van der Waals surface area contributed by atoms with Crippen LogP contribution in [0.3, 0.4) is 0 Å². The number of hydrogen-bond donors (Lipinski definition) is 3. The minimum atomic E-state index is -0.606. The summed E-state index contributed by atoms with van der Waals surface area (Å²) in [5.41, 5.74) is 1.24. The highest BCUT2D eigenvalue weighted by Crippen LogP contribution is 2.31. The largest absolute Gasteiger partial charge is 0.444 e. The fourth-order valence-corrected chi connectivity index (χ4v) is 6.56. The lowest BCUT2D eigenvalue weighted by Crippen LogP contribution is -2.56. The van der Waals surface area contributed by atoms with Crippen LogP contribution in [-0.2, 0) is 22.6 Å². The third-order valence-electron chi connectivity index (χ3n) is 7.40. The molecule has 11 nitrogen and oxygen atoms in total. The quantitative estimate of drug-likeness (QED) is 0.392. The van der Waals surface area contributed by atoms with Gasteiger partial charge in [-0.3, -0.25) is 19.3 Å². The standard InChI is InChI=1S/C29H35ClN6O5S/c1-29(2,3)41-28(40)36-13-22-23(14-36)42-26(34-22)25(38)33-20-11-15(27(39)35(4)5)6-8-19(20)32-24(37)21-12-16-10-17(30)7-9-18(16)31-21/h7,9-10,12,15,19-20,31H,6,8,11,13-14H2,1-5H3,(H,32,37)(H,33,38)/t15-,19-,20+/m0/s1. The van der Waals surface area contributed by atoms with Crippen LogP contribution in [0.25, 0.3) is 10.9 Å². The number of fused-ring (bicyclic) bond motifs is 2. The van der Waals surface area contributed by atoms with Gasteiger partial charge in [0.2, 0.25) is 5.91 Å². The minimum absolute atomic E-state index is 0.0121. The highest BCUT2D eigenvalue weighted by atomic mass is 35.5. The molecule has 3 heterocycles. The SMILES string of the molecule is CN(C)C(=O)[C@H]1CC[C@H](NC(=O)c2cc3cc(Cl)ccc3[nH]2)[C@H](NC(=O)c2nc3c(s2)CN(C(=O)OC(C)(C)C)C3)C1. The van der Waals surface area contributed by atoms with Gasteiger partial charge in [0.1, 0.15) is 11.3 Å². The predicted octanol–water partition coefficient (Wildman–Crippen LogP) is 4.31. The van der Waals surface area contributed by atoms with Crippen LogP contribution in [0.5, 0.6) is 0 Å². The number of halogens is 1. The first-order chi connectivity index (χ1) is 19.8. The molecule has 224 valence electrons. The van der Waals surface area contributed by atoms with Crippen molar-refractivity contribution >= 4 is 57.7 Å². The number of nitrogens with one attached hydrogen (secondary N) is 3. The van der Waals surface area contributed by atoms with Crippen molar-refractivity contribution in [2.24, 2.45) is 5.92 Å². The molecule has 0 spiro atoms. The molecule has 4 amide bonds. The number of thiazole rings is 1. The number of ether oxygens (including phenoxy) is 1. The molecule has 1 fully saturated rings. The zero-order chi connectivity index (χ0) is 30.3. The summed E-state index contributed by atoms with van der Waals surface area (Å²) in [6, 6.07) is 6.21. The zero-order valence-electron chi connectivity index (χ0n) is 24.2. The summed E-state index contributed by atoms with van der Waals surface area (Å²) in [6.45, 7) is 6.03. The van der Waals surface area contributed by atoms with Crippen LogP contribution >= 0.6 is 22.9 Å². The molecule has 0 unspecified atom stereocenters. The number of H-pyrrole nitrogens is 1. The third-order valence-corrected chi connectivity index (χ3v) is 8.72. The molecule has 3 atom stereocenters. The normalized spacial score (nSPS) is 20.2. The lowest BCUT2D eigenvalue weighted by molar-refractivity contribution is -0.134. The average molecular weight is 615 g/mol. The molecule has 3 N–H and O–H groups in total. The molecule has 1 aliphatic heterocycles. The number of benzene rings is 1. The smallest absolute Gasteiger partial charge is 0.410 e. The van der Waals surface area contributed by atoms with Gasteiger partial charge in [-0.25, -0.2) is 9.78 Å². The molecule has 42 heavy (non-hydrogen) atoms. The number of amides is 4. The monoisotopic (exact) mass is 614 g/mol. The molecule has 1 aliphatic carbocycles. The molecule has 1 aromatic carbocycles. The van der Waals surface area contributed by atoms with Gasteiger partial charge in [0.25, 0.3) is 11.8 Å². The van der Waals surface area contributed by atoms with E-state index in [1.54, 1.807) is 42.1 Å².